The normalized spacial score (nSPS) is 17.5. The summed E-state index contributed by atoms with van der Waals surface area (Å²) in [6.07, 6.45) is -0.152. The molecule has 9 heteroatoms. The molecule has 0 saturated heterocycles. The Hall–Kier alpha value is -4.60. The summed E-state index contributed by atoms with van der Waals surface area (Å²) in [5.41, 5.74) is 3.08. The van der Waals surface area contributed by atoms with Gasteiger partial charge < -0.3 is 30.1 Å². The first-order valence-electron chi connectivity index (χ1n) is 15.3. The number of hydrogen-bond donors (Lipinski definition) is 3. The number of anilines is 2. The number of ether oxygens (including phenoxy) is 2. The van der Waals surface area contributed by atoms with Crippen molar-refractivity contribution in [2.75, 3.05) is 44.5 Å². The van der Waals surface area contributed by atoms with Crippen molar-refractivity contribution in [1.29, 1.82) is 0 Å². The third-order valence-electron chi connectivity index (χ3n) is 8.32. The first kappa shape index (κ1) is 31.8. The fourth-order valence-corrected chi connectivity index (χ4v) is 5.76. The van der Waals surface area contributed by atoms with E-state index in [-0.39, 0.29) is 43.0 Å². The van der Waals surface area contributed by atoms with Gasteiger partial charge in [-0.25, -0.2) is 4.79 Å². The van der Waals surface area contributed by atoms with Gasteiger partial charge in [-0.1, -0.05) is 55.5 Å². The molecule has 1 aliphatic heterocycles. The van der Waals surface area contributed by atoms with E-state index in [4.69, 9.17) is 9.47 Å². The number of aliphatic hydroxyl groups is 1. The Labute approximate surface area is 264 Å². The second-order valence-electron chi connectivity index (χ2n) is 11.9. The number of methoxy groups -OCH3 is 1. The number of amides is 3. The zero-order chi connectivity index (χ0) is 31.9. The summed E-state index contributed by atoms with van der Waals surface area (Å²) < 4.78 is 11.9. The molecule has 0 radical (unpaired) electrons. The summed E-state index contributed by atoms with van der Waals surface area (Å²) in [6, 6.07) is 26.3. The van der Waals surface area contributed by atoms with E-state index >= 15 is 0 Å². The van der Waals surface area contributed by atoms with Crippen molar-refractivity contribution in [2.24, 2.45) is 5.92 Å². The molecule has 45 heavy (non-hydrogen) atoms. The lowest BCUT2D eigenvalue weighted by atomic mass is 10.0. The van der Waals surface area contributed by atoms with E-state index in [0.717, 1.165) is 22.1 Å². The van der Waals surface area contributed by atoms with E-state index in [1.165, 1.54) is 0 Å². The number of nitrogens with zero attached hydrogens (tertiary/aromatic N) is 2. The Morgan fingerprint density at radius 2 is 1.82 bits per heavy atom. The highest BCUT2D eigenvalue weighted by Gasteiger charge is 2.31. The Morgan fingerprint density at radius 3 is 2.58 bits per heavy atom. The molecule has 3 atom stereocenters. The summed E-state index contributed by atoms with van der Waals surface area (Å²) >= 11 is 0. The lowest BCUT2D eigenvalue weighted by Gasteiger charge is -2.34. The summed E-state index contributed by atoms with van der Waals surface area (Å²) in [7, 11) is 3.70. The van der Waals surface area contributed by atoms with Gasteiger partial charge in [-0.2, -0.15) is 0 Å². The van der Waals surface area contributed by atoms with Gasteiger partial charge >= 0.3 is 6.03 Å². The van der Waals surface area contributed by atoms with Gasteiger partial charge in [-0.15, -0.1) is 0 Å². The first-order chi connectivity index (χ1) is 21.7. The molecule has 236 valence electrons. The van der Waals surface area contributed by atoms with Crippen molar-refractivity contribution < 1.29 is 24.2 Å². The molecule has 1 heterocycles. The van der Waals surface area contributed by atoms with Crippen molar-refractivity contribution in [3.8, 4) is 11.5 Å². The molecule has 4 aromatic carbocycles. The average molecular weight is 611 g/mol. The van der Waals surface area contributed by atoms with Gasteiger partial charge in [0.1, 0.15) is 17.6 Å². The molecule has 3 N–H and O–H groups in total. The number of likely N-dealkylation sites (N-methyl/N-ethyl adjacent to an activating group) is 1. The Balaban J connectivity index is 1.36. The maximum atomic E-state index is 13.6. The zero-order valence-electron chi connectivity index (χ0n) is 26.3. The van der Waals surface area contributed by atoms with Gasteiger partial charge in [0.25, 0.3) is 0 Å². The average Bonchev–Trinajstić information content (AvgIpc) is 3.08. The van der Waals surface area contributed by atoms with Crippen LogP contribution in [0.5, 0.6) is 11.5 Å². The Bertz CT molecular complexity index is 1620. The number of carbonyl (C=O) groups excluding carboxylic acids is 2. The van der Waals surface area contributed by atoms with Crippen LogP contribution in [0.15, 0.2) is 84.9 Å². The third kappa shape index (κ3) is 7.92. The topological polar surface area (TPSA) is 103 Å². The van der Waals surface area contributed by atoms with Crippen LogP contribution in [0.1, 0.15) is 25.0 Å². The summed E-state index contributed by atoms with van der Waals surface area (Å²) in [6.45, 7) is 5.58. The zero-order valence-corrected chi connectivity index (χ0v) is 26.3. The van der Waals surface area contributed by atoms with Gasteiger partial charge in [0, 0.05) is 42.2 Å². The molecule has 0 unspecified atom stereocenters. The highest BCUT2D eigenvalue weighted by molar-refractivity contribution is 6.06. The number of hydrogen-bond acceptors (Lipinski definition) is 6. The maximum Gasteiger partial charge on any atom is 0.323 e. The van der Waals surface area contributed by atoms with Crippen LogP contribution in [0.25, 0.3) is 10.8 Å². The van der Waals surface area contributed by atoms with E-state index in [1.54, 1.807) is 24.1 Å². The van der Waals surface area contributed by atoms with Crippen LogP contribution in [0.2, 0.25) is 0 Å². The molecule has 4 aromatic rings. The minimum absolute atomic E-state index is 0.0171. The second kappa shape index (κ2) is 14.5. The van der Waals surface area contributed by atoms with Gasteiger partial charge in [-0.3, -0.25) is 9.69 Å². The van der Waals surface area contributed by atoms with E-state index in [0.29, 0.717) is 42.3 Å². The van der Waals surface area contributed by atoms with Crippen molar-refractivity contribution in [2.45, 2.75) is 39.0 Å². The fraction of sp³-hybridized carbons (Fsp3) is 0.333. The quantitative estimate of drug-likeness (QED) is 0.222. The minimum Gasteiger partial charge on any atom is -0.497 e. The predicted octanol–water partition coefficient (Wildman–Crippen LogP) is 5.77. The van der Waals surface area contributed by atoms with Crippen LogP contribution in [-0.2, 0) is 17.8 Å². The van der Waals surface area contributed by atoms with Gasteiger partial charge in [0.2, 0.25) is 5.91 Å². The largest absolute Gasteiger partial charge is 0.497 e. The van der Waals surface area contributed by atoms with Crippen LogP contribution in [0.4, 0.5) is 16.2 Å². The summed E-state index contributed by atoms with van der Waals surface area (Å²) in [4.78, 5) is 30.6. The predicted molar refractivity (Wildman–Crippen MR) is 178 cm³/mol. The van der Waals surface area contributed by atoms with Crippen LogP contribution in [-0.4, -0.2) is 72.8 Å². The van der Waals surface area contributed by atoms with Crippen molar-refractivity contribution in [3.63, 3.8) is 0 Å². The van der Waals surface area contributed by atoms with Crippen molar-refractivity contribution in [3.05, 3.63) is 96.1 Å². The molecule has 0 spiro atoms. The standard InChI is InChI=1S/C36H42N4O5/c1-24-20-40(25(2)23-41)35(42)19-28-18-29(37-36(43)38-32-11-7-9-27-8-5-6-10-31(27)32)14-17-33(28)45-34(24)22-39(3)21-26-12-15-30(44-4)16-13-26/h5-18,24-25,34,41H,19-23H2,1-4H3,(H2,37,38,43)/t24-,25-,34+/m1/s1. The lowest BCUT2D eigenvalue weighted by molar-refractivity contribution is -0.134. The SMILES string of the molecule is COc1ccc(CN(C)C[C@@H]2Oc3ccc(NC(=O)Nc4cccc5ccccc45)cc3CC(=O)N([C@H](C)CO)C[C@H]2C)cc1. The Kier molecular flexibility index (Phi) is 10.2. The monoisotopic (exact) mass is 610 g/mol. The minimum atomic E-state index is -0.385. The number of rotatable bonds is 9. The van der Waals surface area contributed by atoms with Gasteiger partial charge in [0.15, 0.2) is 0 Å². The van der Waals surface area contributed by atoms with Crippen molar-refractivity contribution in [1.82, 2.24) is 9.80 Å². The molecule has 5 rings (SSSR count). The second-order valence-corrected chi connectivity index (χ2v) is 11.9. The number of nitrogens with one attached hydrogen (secondary N) is 2. The molecule has 9 nitrogen and oxygen atoms in total. The molecular formula is C36H42N4O5. The van der Waals surface area contributed by atoms with Gasteiger partial charge in [0.05, 0.1) is 31.9 Å². The van der Waals surface area contributed by atoms with Crippen molar-refractivity contribution >= 4 is 34.1 Å². The molecule has 0 saturated carbocycles. The number of fused-ring (bicyclic) bond motifs is 2. The van der Waals surface area contributed by atoms with Gasteiger partial charge in [-0.05, 0) is 61.3 Å². The van der Waals surface area contributed by atoms with Crippen LogP contribution in [0.3, 0.4) is 0 Å². The highest BCUT2D eigenvalue weighted by atomic mass is 16.5. The number of aliphatic hydroxyl groups excluding tert-OH is 1. The fourth-order valence-electron chi connectivity index (χ4n) is 5.76. The first-order valence-corrected chi connectivity index (χ1v) is 15.3. The molecule has 0 aromatic heterocycles. The van der Waals surface area contributed by atoms with E-state index in [2.05, 4.69) is 29.5 Å². The molecule has 0 aliphatic carbocycles. The van der Waals surface area contributed by atoms with E-state index in [9.17, 15) is 14.7 Å². The van der Waals surface area contributed by atoms with E-state index in [1.807, 2.05) is 79.7 Å². The number of carbonyl (C=O) groups is 2. The molecular weight excluding hydrogens is 568 g/mol. The Morgan fingerprint density at radius 1 is 1.07 bits per heavy atom. The summed E-state index contributed by atoms with van der Waals surface area (Å²) in [5, 5.41) is 17.8. The highest BCUT2D eigenvalue weighted by Crippen LogP contribution is 2.30. The van der Waals surface area contributed by atoms with E-state index < -0.39 is 0 Å². The number of urea groups is 1. The molecule has 0 bridgehead atoms. The maximum absolute atomic E-state index is 13.6. The number of benzene rings is 4. The molecule has 0 fully saturated rings. The smallest absolute Gasteiger partial charge is 0.323 e. The van der Waals surface area contributed by atoms with Crippen LogP contribution >= 0.6 is 0 Å². The molecule has 1 aliphatic rings. The van der Waals surface area contributed by atoms with Crippen LogP contribution < -0.4 is 20.1 Å². The molecule has 3 amide bonds. The van der Waals surface area contributed by atoms with Crippen LogP contribution in [0, 0.1) is 5.92 Å². The third-order valence-corrected chi connectivity index (χ3v) is 8.32. The lowest BCUT2D eigenvalue weighted by Crippen LogP contribution is -2.47. The summed E-state index contributed by atoms with van der Waals surface area (Å²) in [5.74, 6) is 1.31.